The second-order valence-electron chi connectivity index (χ2n) is 7.16. The number of hydrogen-bond donors (Lipinski definition) is 1. The van der Waals surface area contributed by atoms with E-state index in [0.717, 1.165) is 43.7 Å². The van der Waals surface area contributed by atoms with Crippen LogP contribution in [0.2, 0.25) is 0 Å². The number of allylic oxidation sites excluding steroid dienone is 2. The summed E-state index contributed by atoms with van der Waals surface area (Å²) < 4.78 is 0. The second-order valence-corrected chi connectivity index (χ2v) is 8.88. The summed E-state index contributed by atoms with van der Waals surface area (Å²) in [6.45, 7) is 9.44. The number of nitrogens with zero attached hydrogens (tertiary/aromatic N) is 1. The lowest BCUT2D eigenvalue weighted by Gasteiger charge is -2.27. The molecule has 0 heterocycles. The van der Waals surface area contributed by atoms with Crippen LogP contribution in [0.15, 0.2) is 16.3 Å². The van der Waals surface area contributed by atoms with E-state index < -0.39 is 0 Å². The summed E-state index contributed by atoms with van der Waals surface area (Å²) in [5.74, 6) is 1.84. The monoisotopic (exact) mass is 367 g/mol. The van der Waals surface area contributed by atoms with E-state index in [9.17, 15) is 9.90 Å². The molecule has 0 aromatic heterocycles. The number of aliphatic hydroxyl groups excluding tert-OH is 1. The van der Waals surface area contributed by atoms with Gasteiger partial charge < -0.3 is 5.11 Å². The number of carbonyl (C=O) groups excluding carboxylic acids is 1. The van der Waals surface area contributed by atoms with Crippen molar-refractivity contribution in [2.24, 2.45) is 10.9 Å². The summed E-state index contributed by atoms with van der Waals surface area (Å²) in [6.07, 6.45) is 8.59. The van der Waals surface area contributed by atoms with E-state index in [2.05, 4.69) is 20.8 Å². The fourth-order valence-electron chi connectivity index (χ4n) is 3.55. The highest BCUT2D eigenvalue weighted by molar-refractivity contribution is 7.99. The Morgan fingerprint density at radius 2 is 1.96 bits per heavy atom. The maximum absolute atomic E-state index is 12.7. The zero-order chi connectivity index (χ0) is 18.7. The lowest BCUT2D eigenvalue weighted by molar-refractivity contribution is -0.116. The van der Waals surface area contributed by atoms with Gasteiger partial charge >= 0.3 is 0 Å². The summed E-state index contributed by atoms with van der Waals surface area (Å²) in [6, 6.07) is 0. The van der Waals surface area contributed by atoms with Crippen LogP contribution in [-0.2, 0) is 4.79 Å². The molecule has 25 heavy (non-hydrogen) atoms. The lowest BCUT2D eigenvalue weighted by atomic mass is 9.80. The Morgan fingerprint density at radius 3 is 2.60 bits per heavy atom. The van der Waals surface area contributed by atoms with Crippen LogP contribution in [0, 0.1) is 5.92 Å². The Morgan fingerprint density at radius 1 is 1.20 bits per heavy atom. The first-order valence-corrected chi connectivity index (χ1v) is 11.2. The molecule has 4 heteroatoms. The normalized spacial score (nSPS) is 23.1. The van der Waals surface area contributed by atoms with Crippen molar-refractivity contribution in [1.29, 1.82) is 0 Å². The molecule has 0 aliphatic heterocycles. The van der Waals surface area contributed by atoms with Crippen molar-refractivity contribution in [1.82, 2.24) is 0 Å². The number of aliphatic hydroxyl groups is 1. The Labute approximate surface area is 158 Å². The van der Waals surface area contributed by atoms with Crippen molar-refractivity contribution in [3.05, 3.63) is 11.3 Å². The number of aliphatic imine (C=N–C) groups is 1. The Hall–Kier alpha value is -0.770. The highest BCUT2D eigenvalue weighted by atomic mass is 32.2. The molecule has 0 aromatic rings. The molecule has 3 nitrogen and oxygen atoms in total. The van der Waals surface area contributed by atoms with Crippen molar-refractivity contribution >= 4 is 23.3 Å². The number of carbonyl (C=O) groups is 1. The van der Waals surface area contributed by atoms with Crippen LogP contribution in [0.3, 0.4) is 0 Å². The smallest absolute Gasteiger partial charge is 0.168 e. The van der Waals surface area contributed by atoms with E-state index in [1.807, 2.05) is 18.7 Å². The summed E-state index contributed by atoms with van der Waals surface area (Å²) in [7, 11) is 0. The molecular formula is C21H37NO2S. The van der Waals surface area contributed by atoms with Gasteiger partial charge in [-0.05, 0) is 37.4 Å². The van der Waals surface area contributed by atoms with Gasteiger partial charge in [-0.25, -0.2) is 0 Å². The zero-order valence-corrected chi connectivity index (χ0v) is 17.5. The minimum Gasteiger partial charge on any atom is -0.511 e. The number of thioether (sulfide) groups is 1. The first-order valence-electron chi connectivity index (χ1n) is 10.1. The highest BCUT2D eigenvalue weighted by Crippen LogP contribution is 2.32. The molecule has 1 rings (SSSR count). The Bertz CT molecular complexity index is 471. The second kappa shape index (κ2) is 12.6. The average molecular weight is 368 g/mol. The summed E-state index contributed by atoms with van der Waals surface area (Å²) in [4.78, 5) is 17.5. The summed E-state index contributed by atoms with van der Waals surface area (Å²) >= 11 is 1.96. The molecule has 0 saturated heterocycles. The minimum absolute atomic E-state index is 0.100. The van der Waals surface area contributed by atoms with Crippen LogP contribution in [0.5, 0.6) is 0 Å². The van der Waals surface area contributed by atoms with Crippen LogP contribution < -0.4 is 0 Å². The number of hydrogen-bond acceptors (Lipinski definition) is 4. The van der Waals surface area contributed by atoms with Crippen LogP contribution >= 0.6 is 11.8 Å². The molecule has 1 fully saturated rings. The van der Waals surface area contributed by atoms with Crippen LogP contribution in [-0.4, -0.2) is 34.1 Å². The Kier molecular flexibility index (Phi) is 11.2. The molecule has 2 atom stereocenters. The molecule has 1 saturated carbocycles. The largest absolute Gasteiger partial charge is 0.511 e. The van der Waals surface area contributed by atoms with E-state index in [1.54, 1.807) is 0 Å². The average Bonchev–Trinajstić information content (AvgIpc) is 2.54. The summed E-state index contributed by atoms with van der Waals surface area (Å²) in [5.41, 5.74) is 1.42. The predicted molar refractivity (Wildman–Crippen MR) is 111 cm³/mol. The first kappa shape index (κ1) is 22.3. The lowest BCUT2D eigenvalue weighted by Crippen LogP contribution is -2.29. The standard InChI is InChI=1S/C21H37NO2S/c1-5-8-9-10-12-22-18-14-17(13-16(4)25-7-3)15-20(24)21(18)19(23)11-6-2/h16-17,23H,5-15H2,1-4H3/t16-,17-/m1/s1. The van der Waals surface area contributed by atoms with Crippen LogP contribution in [0.25, 0.3) is 0 Å². The highest BCUT2D eigenvalue weighted by Gasteiger charge is 2.31. The van der Waals surface area contributed by atoms with Crippen LogP contribution in [0.1, 0.15) is 85.5 Å². The molecule has 1 aliphatic rings. The molecule has 0 radical (unpaired) electrons. The van der Waals surface area contributed by atoms with Gasteiger partial charge in [0.15, 0.2) is 5.78 Å². The number of ketones is 1. The van der Waals surface area contributed by atoms with Gasteiger partial charge in [0.2, 0.25) is 0 Å². The molecule has 0 unspecified atom stereocenters. The maximum Gasteiger partial charge on any atom is 0.168 e. The van der Waals surface area contributed by atoms with Gasteiger partial charge in [0.25, 0.3) is 0 Å². The number of Topliss-reactive ketones (excluding diaryl/α,β-unsaturated/α-hetero) is 1. The topological polar surface area (TPSA) is 49.7 Å². The molecule has 144 valence electrons. The molecule has 1 N–H and O–H groups in total. The van der Waals surface area contributed by atoms with Gasteiger partial charge in [-0.1, -0.05) is 47.0 Å². The quantitative estimate of drug-likeness (QED) is 0.271. The third kappa shape index (κ3) is 7.98. The molecule has 0 aromatic carbocycles. The van der Waals surface area contributed by atoms with E-state index in [-0.39, 0.29) is 11.5 Å². The molecule has 0 amide bonds. The van der Waals surface area contributed by atoms with Gasteiger partial charge in [-0.3, -0.25) is 9.79 Å². The first-order chi connectivity index (χ1) is 12.0. The predicted octanol–water partition coefficient (Wildman–Crippen LogP) is 6.13. The molecule has 1 aliphatic carbocycles. The SMILES string of the molecule is CCCCCCN=C1C[C@@H](C[C@@H](C)SCC)CC(=O)C1=C(O)CCC. The summed E-state index contributed by atoms with van der Waals surface area (Å²) in [5, 5.41) is 11.0. The minimum atomic E-state index is 0.100. The van der Waals surface area contributed by atoms with Crippen molar-refractivity contribution in [3.8, 4) is 0 Å². The van der Waals surface area contributed by atoms with E-state index in [1.165, 1.54) is 19.3 Å². The fourth-order valence-corrected chi connectivity index (χ4v) is 4.52. The maximum atomic E-state index is 12.7. The molecule has 0 bridgehead atoms. The fraction of sp³-hybridized carbons (Fsp3) is 0.810. The van der Waals surface area contributed by atoms with E-state index in [4.69, 9.17) is 4.99 Å². The van der Waals surface area contributed by atoms with Crippen LogP contribution in [0.4, 0.5) is 0 Å². The van der Waals surface area contributed by atoms with E-state index >= 15 is 0 Å². The Balaban J connectivity index is 2.85. The third-order valence-corrected chi connectivity index (χ3v) is 5.82. The van der Waals surface area contributed by atoms with Gasteiger partial charge in [-0.15, -0.1) is 0 Å². The van der Waals surface area contributed by atoms with Crippen molar-refractivity contribution < 1.29 is 9.90 Å². The van der Waals surface area contributed by atoms with Gasteiger partial charge in [0.1, 0.15) is 5.76 Å². The van der Waals surface area contributed by atoms with E-state index in [0.29, 0.717) is 29.6 Å². The van der Waals surface area contributed by atoms with Gasteiger partial charge in [-0.2, -0.15) is 11.8 Å². The third-order valence-electron chi connectivity index (χ3n) is 4.73. The van der Waals surface area contributed by atoms with Crippen molar-refractivity contribution in [3.63, 3.8) is 0 Å². The van der Waals surface area contributed by atoms with Crippen molar-refractivity contribution in [2.45, 2.75) is 90.7 Å². The number of unbranched alkanes of at least 4 members (excludes halogenated alkanes) is 3. The van der Waals surface area contributed by atoms with Crippen molar-refractivity contribution in [2.75, 3.05) is 12.3 Å². The molecule has 0 spiro atoms. The van der Waals surface area contributed by atoms with Gasteiger partial charge in [0.05, 0.1) is 5.57 Å². The molecular weight excluding hydrogens is 330 g/mol. The van der Waals surface area contributed by atoms with Gasteiger partial charge in [0, 0.05) is 30.3 Å². The number of rotatable bonds is 11. The zero-order valence-electron chi connectivity index (χ0n) is 16.6.